The molecule has 0 fully saturated rings. The third kappa shape index (κ3) is 16.3. The number of allylic oxidation sites excluding steroid dienone is 1. The molecular formula is C70H71BrK2N4O9. The van der Waals surface area contributed by atoms with Crippen LogP contribution in [0.25, 0.3) is 0 Å². The van der Waals surface area contributed by atoms with E-state index in [1.54, 1.807) is 72.8 Å². The van der Waals surface area contributed by atoms with Gasteiger partial charge in [-0.15, -0.1) is 6.58 Å². The van der Waals surface area contributed by atoms with Gasteiger partial charge in [0.2, 0.25) is 0 Å². The number of hydrogen-bond donors (Lipinski definition) is 5. The number of alkyl halides is 1. The number of ether oxygens (including phenoxy) is 1. The molecule has 0 aliphatic heterocycles. The summed E-state index contributed by atoms with van der Waals surface area (Å²) in [5.41, 5.74) is 19.2. The van der Waals surface area contributed by atoms with Crippen molar-refractivity contribution in [1.82, 2.24) is 0 Å². The molecule has 0 radical (unpaired) electrons. The van der Waals surface area contributed by atoms with E-state index < -0.39 is 0 Å². The first kappa shape index (κ1) is 72.4. The van der Waals surface area contributed by atoms with Gasteiger partial charge in [-0.1, -0.05) is 126 Å². The summed E-state index contributed by atoms with van der Waals surface area (Å²) in [6.07, 6.45) is 3.50. The van der Waals surface area contributed by atoms with E-state index in [-0.39, 0.29) is 147 Å². The van der Waals surface area contributed by atoms with E-state index in [0.717, 1.165) is 83.9 Å². The largest absolute Gasteiger partial charge is 1.00 e. The molecule has 16 heteroatoms. The molecule has 0 atom stereocenters. The molecule has 0 bridgehead atoms. The number of aromatic hydroxyl groups is 1. The maximum atomic E-state index is 13.9. The number of halogens is 1. The van der Waals surface area contributed by atoms with Crippen LogP contribution in [0.5, 0.6) is 11.5 Å². The quantitative estimate of drug-likeness (QED) is 0.0139. The van der Waals surface area contributed by atoms with Gasteiger partial charge >= 0.3 is 103 Å². The molecule has 0 spiro atoms. The Kier molecular flexibility index (Phi) is 27.6. The van der Waals surface area contributed by atoms with Crippen molar-refractivity contribution in [2.24, 2.45) is 0 Å². The zero-order chi connectivity index (χ0) is 60.4. The van der Waals surface area contributed by atoms with E-state index >= 15 is 0 Å². The summed E-state index contributed by atoms with van der Waals surface area (Å²) >= 11 is 3.13. The van der Waals surface area contributed by atoms with E-state index in [1.165, 1.54) is 5.56 Å². The SMILES string of the molecule is C.C=CCBr.C=CCOc1cc(C)c(Nc2ccc(Nc3c(C)cc(C)cc3C)c3c2C(=O)c2ccccc2C3=O)c(C)c1.Cc1cc(C)c(Nc2ccc(Nc3c(C)cc(O)cc3C)c3c2C(=O)c2ccccc2C3=O)c(C)c1.O=CO[O-].[H-].[K+].[K+]. The summed E-state index contributed by atoms with van der Waals surface area (Å²) in [6.45, 7) is 27.4. The van der Waals surface area contributed by atoms with Gasteiger partial charge in [0.1, 0.15) is 18.1 Å². The van der Waals surface area contributed by atoms with E-state index in [9.17, 15) is 24.3 Å². The molecule has 0 heterocycles. The normalized spacial score (nSPS) is 11.1. The smallest absolute Gasteiger partial charge is 1.00 e. The van der Waals surface area contributed by atoms with Crippen LogP contribution in [-0.2, 0) is 9.68 Å². The Bertz CT molecular complexity index is 3700. The minimum absolute atomic E-state index is 0. The molecular weight excluding hydrogens is 1200 g/mol. The van der Waals surface area contributed by atoms with Gasteiger partial charge in [0.15, 0.2) is 23.1 Å². The van der Waals surface area contributed by atoms with Gasteiger partial charge in [-0.2, -0.15) is 0 Å². The van der Waals surface area contributed by atoms with E-state index in [2.05, 4.69) is 93.4 Å². The summed E-state index contributed by atoms with van der Waals surface area (Å²) in [6, 6.07) is 37.1. The Labute approximate surface area is 599 Å². The average Bonchev–Trinajstić information content (AvgIpc) is 1.46. The predicted molar refractivity (Wildman–Crippen MR) is 342 cm³/mol. The van der Waals surface area contributed by atoms with Crippen LogP contribution in [0.1, 0.15) is 128 Å². The number of aryl methyl sites for hydroxylation is 10. The van der Waals surface area contributed by atoms with Gasteiger partial charge < -0.3 is 42.7 Å². The van der Waals surface area contributed by atoms with Gasteiger partial charge in [-0.25, -0.2) is 0 Å². The summed E-state index contributed by atoms with van der Waals surface area (Å²) in [5.74, 6) is 0.202. The number of phenolic OH excluding ortho intramolecular Hbond substituents is 1. The molecule has 0 saturated carbocycles. The van der Waals surface area contributed by atoms with Crippen molar-refractivity contribution in [3.8, 4) is 11.5 Å². The number of nitrogens with one attached hydrogen (secondary N) is 4. The van der Waals surface area contributed by atoms with Gasteiger partial charge in [-0.05, 0) is 162 Å². The predicted octanol–water partition coefficient (Wildman–Crippen LogP) is 10.0. The zero-order valence-electron chi connectivity index (χ0n) is 51.2. The topological polar surface area (TPSA) is 195 Å². The molecule has 0 saturated heterocycles. The maximum Gasteiger partial charge on any atom is 1.00 e. The molecule has 0 amide bonds. The molecule has 10 rings (SSSR count). The molecule has 434 valence electrons. The number of fused-ring (bicyclic) bond motifs is 4. The molecule has 0 unspecified atom stereocenters. The standard InChI is InChI=1S/C34H32N2O3.C31H28N2O3.C3H5Br.CH2O3.CH4.2K.H/c1-7-14-39-24-17-22(5)32(23(6)18-24)36-28-13-12-27(35-31-20(3)15-19(2)16-21(31)4)29-30(28)34(38)26-11-9-8-10-25(26)33(29)37;1-16-12-17(2)28(18(3)13-16)32-24-10-11-25(33-29-19(4)14-21(34)15-20(29)5)27-26(24)30(35)22-8-6-7-9-23(22)31(27)36;1-2-3-4;2-1-4-3;;;;/h7-13,15-18,35-36H,1,14H2,2-6H3;6-15,32-34H,1-5H3;2H,1,3H2;1,3H;1H4;;;/q;;;;;2*+1;-1/p-1. The van der Waals surface area contributed by atoms with Crippen LogP contribution in [0.2, 0.25) is 0 Å². The first-order valence-electron chi connectivity index (χ1n) is 26.7. The van der Waals surface area contributed by atoms with E-state index in [4.69, 9.17) is 14.8 Å². The molecule has 86 heavy (non-hydrogen) atoms. The molecule has 2 aliphatic rings. The fourth-order valence-corrected chi connectivity index (χ4v) is 10.7. The number of hydrogen-bond acceptors (Lipinski definition) is 13. The molecule has 13 nitrogen and oxygen atoms in total. The second kappa shape index (κ2) is 32.8. The number of benzene rings is 8. The Balaban J connectivity index is 0.000000390. The first-order valence-corrected chi connectivity index (χ1v) is 27.8. The van der Waals surface area contributed by atoms with Crippen LogP contribution in [0.15, 0.2) is 147 Å². The van der Waals surface area contributed by atoms with Crippen molar-refractivity contribution >= 4 is 91.0 Å². The van der Waals surface area contributed by atoms with E-state index in [1.807, 2.05) is 91.8 Å². The third-order valence-corrected chi connectivity index (χ3v) is 14.5. The second-order valence-electron chi connectivity index (χ2n) is 20.4. The van der Waals surface area contributed by atoms with Crippen molar-refractivity contribution < 1.29 is 148 Å². The van der Waals surface area contributed by atoms with Crippen LogP contribution >= 0.6 is 15.9 Å². The number of anilines is 8. The van der Waals surface area contributed by atoms with Crippen molar-refractivity contribution in [2.75, 3.05) is 33.2 Å². The van der Waals surface area contributed by atoms with E-state index in [0.29, 0.717) is 73.9 Å². The molecule has 5 N–H and O–H groups in total. The molecule has 8 aromatic carbocycles. The Hall–Kier alpha value is -6.10. The fourth-order valence-electron chi connectivity index (χ4n) is 10.7. The van der Waals surface area contributed by atoms with Gasteiger partial charge in [-0.3, -0.25) is 24.0 Å². The summed E-state index contributed by atoms with van der Waals surface area (Å²) in [7, 11) is 0. The maximum absolute atomic E-state index is 13.9. The molecule has 8 aromatic rings. The Morgan fingerprint density at radius 3 is 0.953 bits per heavy atom. The third-order valence-electron chi connectivity index (χ3n) is 14.1. The first-order chi connectivity index (χ1) is 39.7. The number of rotatable bonds is 13. The summed E-state index contributed by atoms with van der Waals surface area (Å²) < 4.78 is 5.73. The van der Waals surface area contributed by atoms with Crippen molar-refractivity contribution in [1.29, 1.82) is 0 Å². The van der Waals surface area contributed by atoms with Gasteiger partial charge in [0.05, 0.1) is 45.0 Å². The van der Waals surface area contributed by atoms with Crippen molar-refractivity contribution in [2.45, 2.75) is 76.7 Å². The zero-order valence-corrected chi connectivity index (χ0v) is 58.0. The van der Waals surface area contributed by atoms with Crippen LogP contribution in [0, 0.1) is 69.2 Å². The van der Waals surface area contributed by atoms with Crippen LogP contribution in [-0.4, -0.2) is 46.6 Å². The monoisotopic (exact) mass is 1270 g/mol. The van der Waals surface area contributed by atoms with Gasteiger partial charge in [0.25, 0.3) is 6.47 Å². The second-order valence-corrected chi connectivity index (χ2v) is 21.0. The number of carbonyl (C=O) groups is 5. The number of phenols is 1. The number of carbonyl (C=O) groups excluding carboxylic acids is 5. The van der Waals surface area contributed by atoms with Crippen molar-refractivity contribution in [3.63, 3.8) is 0 Å². The Morgan fingerprint density at radius 2 is 0.721 bits per heavy atom. The minimum atomic E-state index is -0.196. The van der Waals surface area contributed by atoms with Crippen LogP contribution in [0.4, 0.5) is 45.5 Å². The molecule has 0 aromatic heterocycles. The summed E-state index contributed by atoms with van der Waals surface area (Å²) in [4.78, 5) is 66.7. The van der Waals surface area contributed by atoms with Crippen LogP contribution < -0.4 is 134 Å². The molecule has 2 aliphatic carbocycles. The average molecular weight is 1270 g/mol. The summed E-state index contributed by atoms with van der Waals surface area (Å²) in [5, 5.41) is 33.1. The van der Waals surface area contributed by atoms with Crippen LogP contribution in [0.3, 0.4) is 0 Å². The number of ketones is 4. The Morgan fingerprint density at radius 1 is 0.477 bits per heavy atom. The van der Waals surface area contributed by atoms with Gasteiger partial charge in [0, 0.05) is 50.3 Å². The fraction of sp³-hybridized carbons (Fsp3) is 0.186. The van der Waals surface area contributed by atoms with Crippen molar-refractivity contribution in [3.05, 3.63) is 247 Å². The minimum Gasteiger partial charge on any atom is -1.00 e.